The standard InChI is InChI=1S/C8H8O3S/c1-10-8(9)7-6(11-7)5-2-3-12-4-5/h2-4,6-7H,1H3/t6-,7-/m0/s1. The lowest BCUT2D eigenvalue weighted by atomic mass is 10.2. The number of hydrogen-bond acceptors (Lipinski definition) is 4. The Morgan fingerprint density at radius 3 is 3.17 bits per heavy atom. The minimum absolute atomic E-state index is 0.0660. The van der Waals surface area contributed by atoms with Gasteiger partial charge in [0.2, 0.25) is 0 Å². The maximum atomic E-state index is 10.9. The molecule has 1 aromatic rings. The molecular formula is C8H8O3S. The molecule has 3 nitrogen and oxygen atoms in total. The number of thiophene rings is 1. The van der Waals surface area contributed by atoms with Crippen LogP contribution in [-0.4, -0.2) is 19.2 Å². The number of methoxy groups -OCH3 is 1. The van der Waals surface area contributed by atoms with Crippen LogP contribution in [0.1, 0.15) is 11.7 Å². The largest absolute Gasteiger partial charge is 0.467 e. The van der Waals surface area contributed by atoms with Gasteiger partial charge in [0.25, 0.3) is 0 Å². The van der Waals surface area contributed by atoms with E-state index in [4.69, 9.17) is 4.74 Å². The minimum atomic E-state index is -0.371. The summed E-state index contributed by atoms with van der Waals surface area (Å²) in [6, 6.07) is 1.96. The van der Waals surface area contributed by atoms with Gasteiger partial charge in [0.15, 0.2) is 6.10 Å². The van der Waals surface area contributed by atoms with Crippen molar-refractivity contribution in [3.8, 4) is 0 Å². The van der Waals surface area contributed by atoms with Crippen LogP contribution in [0.5, 0.6) is 0 Å². The fraction of sp³-hybridized carbons (Fsp3) is 0.375. The number of epoxide rings is 1. The first-order valence-electron chi connectivity index (χ1n) is 3.58. The van der Waals surface area contributed by atoms with Gasteiger partial charge in [0, 0.05) is 0 Å². The smallest absolute Gasteiger partial charge is 0.338 e. The second-order valence-electron chi connectivity index (χ2n) is 2.56. The van der Waals surface area contributed by atoms with E-state index in [1.54, 1.807) is 11.3 Å². The van der Waals surface area contributed by atoms with Crippen molar-refractivity contribution in [1.82, 2.24) is 0 Å². The number of carbonyl (C=O) groups excluding carboxylic acids is 1. The highest BCUT2D eigenvalue weighted by Gasteiger charge is 2.47. The van der Waals surface area contributed by atoms with Crippen LogP contribution in [-0.2, 0) is 14.3 Å². The van der Waals surface area contributed by atoms with Crippen molar-refractivity contribution in [2.45, 2.75) is 12.2 Å². The van der Waals surface area contributed by atoms with E-state index in [1.807, 2.05) is 16.8 Å². The normalized spacial score (nSPS) is 26.8. The van der Waals surface area contributed by atoms with E-state index in [0.717, 1.165) is 5.56 Å². The summed E-state index contributed by atoms with van der Waals surface area (Å²) in [6.45, 7) is 0. The molecule has 0 spiro atoms. The van der Waals surface area contributed by atoms with E-state index >= 15 is 0 Å². The number of carbonyl (C=O) groups is 1. The average molecular weight is 184 g/mol. The molecule has 2 heterocycles. The monoisotopic (exact) mass is 184 g/mol. The van der Waals surface area contributed by atoms with Gasteiger partial charge in [-0.3, -0.25) is 0 Å². The molecule has 0 unspecified atom stereocenters. The molecule has 0 bridgehead atoms. The van der Waals surface area contributed by atoms with Crippen LogP contribution in [0.25, 0.3) is 0 Å². The molecule has 2 rings (SSSR count). The Hall–Kier alpha value is -0.870. The molecule has 1 aromatic heterocycles. The highest BCUT2D eigenvalue weighted by Crippen LogP contribution is 2.39. The molecule has 1 fully saturated rings. The molecule has 0 aromatic carbocycles. The van der Waals surface area contributed by atoms with Crippen LogP contribution >= 0.6 is 11.3 Å². The third kappa shape index (κ3) is 1.23. The van der Waals surface area contributed by atoms with Crippen LogP contribution in [0.4, 0.5) is 0 Å². The Bertz CT molecular complexity index is 281. The maximum Gasteiger partial charge on any atom is 0.338 e. The zero-order chi connectivity index (χ0) is 8.55. The molecule has 0 saturated carbocycles. The van der Waals surface area contributed by atoms with Gasteiger partial charge >= 0.3 is 5.97 Å². The highest BCUT2D eigenvalue weighted by atomic mass is 32.1. The fourth-order valence-electron chi connectivity index (χ4n) is 1.10. The van der Waals surface area contributed by atoms with Crippen molar-refractivity contribution in [2.24, 2.45) is 0 Å². The molecule has 1 aliphatic rings. The SMILES string of the molecule is COC(=O)[C@H]1O[C@H]1c1ccsc1. The average Bonchev–Trinajstić information content (AvgIpc) is 2.71. The molecule has 0 amide bonds. The zero-order valence-electron chi connectivity index (χ0n) is 6.52. The molecule has 64 valence electrons. The Balaban J connectivity index is 2.01. The quantitative estimate of drug-likeness (QED) is 0.514. The molecule has 4 heteroatoms. The maximum absolute atomic E-state index is 10.9. The Labute approximate surface area is 73.9 Å². The molecule has 0 aliphatic carbocycles. The number of hydrogen-bond donors (Lipinski definition) is 0. The van der Waals surface area contributed by atoms with Gasteiger partial charge in [-0.25, -0.2) is 4.79 Å². The summed E-state index contributed by atoms with van der Waals surface area (Å²) < 4.78 is 9.69. The topological polar surface area (TPSA) is 38.8 Å². The second-order valence-corrected chi connectivity index (χ2v) is 3.34. The van der Waals surface area contributed by atoms with Gasteiger partial charge < -0.3 is 9.47 Å². The van der Waals surface area contributed by atoms with Gasteiger partial charge in [0.1, 0.15) is 6.10 Å². The Morgan fingerprint density at radius 1 is 1.75 bits per heavy atom. The third-order valence-corrected chi connectivity index (χ3v) is 2.50. The van der Waals surface area contributed by atoms with Crippen molar-refractivity contribution >= 4 is 17.3 Å². The van der Waals surface area contributed by atoms with Gasteiger partial charge in [-0.05, 0) is 22.4 Å². The molecule has 0 radical (unpaired) electrons. The third-order valence-electron chi connectivity index (χ3n) is 1.80. The molecule has 2 atom stereocenters. The lowest BCUT2D eigenvalue weighted by molar-refractivity contribution is -0.142. The number of rotatable bonds is 2. The summed E-state index contributed by atoms with van der Waals surface area (Å²) in [4.78, 5) is 10.9. The van der Waals surface area contributed by atoms with Crippen molar-refractivity contribution in [3.05, 3.63) is 22.4 Å². The number of esters is 1. The molecule has 0 N–H and O–H groups in total. The predicted octanol–water partition coefficient (Wildman–Crippen LogP) is 1.36. The molecule has 1 saturated heterocycles. The summed E-state index contributed by atoms with van der Waals surface area (Å²) in [6.07, 6.45) is -0.437. The summed E-state index contributed by atoms with van der Waals surface area (Å²) in [5.41, 5.74) is 1.07. The lowest BCUT2D eigenvalue weighted by Crippen LogP contribution is -2.08. The van der Waals surface area contributed by atoms with Gasteiger partial charge in [-0.1, -0.05) is 0 Å². The predicted molar refractivity (Wildman–Crippen MR) is 43.9 cm³/mol. The van der Waals surface area contributed by atoms with Crippen molar-refractivity contribution < 1.29 is 14.3 Å². The van der Waals surface area contributed by atoms with E-state index in [2.05, 4.69) is 4.74 Å². The van der Waals surface area contributed by atoms with E-state index in [-0.39, 0.29) is 18.2 Å². The van der Waals surface area contributed by atoms with Gasteiger partial charge in [-0.15, -0.1) is 0 Å². The second kappa shape index (κ2) is 2.88. The summed E-state index contributed by atoms with van der Waals surface area (Å²) in [5, 5.41) is 3.94. The van der Waals surface area contributed by atoms with Crippen LogP contribution in [0.2, 0.25) is 0 Å². The molecular weight excluding hydrogens is 176 g/mol. The van der Waals surface area contributed by atoms with E-state index in [0.29, 0.717) is 0 Å². The van der Waals surface area contributed by atoms with E-state index in [9.17, 15) is 4.79 Å². The molecule has 12 heavy (non-hydrogen) atoms. The van der Waals surface area contributed by atoms with Crippen molar-refractivity contribution in [1.29, 1.82) is 0 Å². The molecule has 1 aliphatic heterocycles. The van der Waals surface area contributed by atoms with Crippen LogP contribution in [0.15, 0.2) is 16.8 Å². The first-order chi connectivity index (χ1) is 5.83. The minimum Gasteiger partial charge on any atom is -0.467 e. The highest BCUT2D eigenvalue weighted by molar-refractivity contribution is 7.08. The lowest BCUT2D eigenvalue weighted by Gasteiger charge is -1.90. The Kier molecular flexibility index (Phi) is 1.86. The summed E-state index contributed by atoms with van der Waals surface area (Å²) in [5.74, 6) is -0.286. The fourth-order valence-corrected chi connectivity index (χ4v) is 1.78. The van der Waals surface area contributed by atoms with Gasteiger partial charge in [-0.2, -0.15) is 11.3 Å². The van der Waals surface area contributed by atoms with Crippen molar-refractivity contribution in [3.63, 3.8) is 0 Å². The summed E-state index contributed by atoms with van der Waals surface area (Å²) in [7, 11) is 1.37. The van der Waals surface area contributed by atoms with Crippen LogP contribution < -0.4 is 0 Å². The van der Waals surface area contributed by atoms with Crippen LogP contribution in [0.3, 0.4) is 0 Å². The van der Waals surface area contributed by atoms with Crippen LogP contribution in [0, 0.1) is 0 Å². The van der Waals surface area contributed by atoms with Crippen molar-refractivity contribution in [2.75, 3.05) is 7.11 Å². The van der Waals surface area contributed by atoms with E-state index < -0.39 is 0 Å². The summed E-state index contributed by atoms with van der Waals surface area (Å²) >= 11 is 1.60. The Morgan fingerprint density at radius 2 is 2.58 bits per heavy atom. The zero-order valence-corrected chi connectivity index (χ0v) is 7.34. The van der Waals surface area contributed by atoms with E-state index in [1.165, 1.54) is 7.11 Å². The first-order valence-corrected chi connectivity index (χ1v) is 4.52. The number of ether oxygens (including phenoxy) is 2. The van der Waals surface area contributed by atoms with Gasteiger partial charge in [0.05, 0.1) is 7.11 Å². The first kappa shape index (κ1) is 7.76.